The van der Waals surface area contributed by atoms with Crippen molar-refractivity contribution in [1.29, 1.82) is 0 Å². The van der Waals surface area contributed by atoms with E-state index >= 15 is 0 Å². The normalized spacial score (nSPS) is 11.9. The van der Waals surface area contributed by atoms with E-state index in [0.717, 1.165) is 0 Å². The maximum absolute atomic E-state index is 12.9. The van der Waals surface area contributed by atoms with Crippen LogP contribution in [0.5, 0.6) is 0 Å². The fraction of sp³-hybridized carbons (Fsp3) is 0. The second kappa shape index (κ2) is 8.46. The molecule has 0 bridgehead atoms. The number of nitrogens with zero attached hydrogens (tertiary/aromatic N) is 2. The number of rotatable bonds is 6. The van der Waals surface area contributed by atoms with Gasteiger partial charge in [0.1, 0.15) is 5.76 Å². The molecule has 0 spiro atoms. The highest BCUT2D eigenvalue weighted by Gasteiger charge is 2.21. The molecule has 3 aromatic rings. The second-order valence-corrected chi connectivity index (χ2v) is 7.14. The molecular formula is C19H14ClN2O5P. The Morgan fingerprint density at radius 2 is 1.68 bits per heavy atom. The lowest BCUT2D eigenvalue weighted by Crippen LogP contribution is -2.06. The van der Waals surface area contributed by atoms with Gasteiger partial charge < -0.3 is 4.52 Å². The van der Waals surface area contributed by atoms with Crippen molar-refractivity contribution in [2.24, 2.45) is 0 Å². The third-order valence-corrected chi connectivity index (χ3v) is 4.42. The van der Waals surface area contributed by atoms with Gasteiger partial charge in [-0.15, -0.1) is 0 Å². The fourth-order valence-electron chi connectivity index (χ4n) is 2.45. The van der Waals surface area contributed by atoms with Gasteiger partial charge in [0.15, 0.2) is 5.78 Å². The lowest BCUT2D eigenvalue weighted by atomic mass is 10.0. The number of ketones is 1. The quantitative estimate of drug-likeness (QED) is 0.355. The summed E-state index contributed by atoms with van der Waals surface area (Å²) in [6.45, 7) is 0. The van der Waals surface area contributed by atoms with Crippen molar-refractivity contribution >= 4 is 37.0 Å². The van der Waals surface area contributed by atoms with Crippen LogP contribution in [0.2, 0.25) is 5.02 Å². The molecule has 0 saturated heterocycles. The minimum atomic E-state index is -4.85. The van der Waals surface area contributed by atoms with Crippen LogP contribution in [0.1, 0.15) is 27.2 Å². The third-order valence-electron chi connectivity index (χ3n) is 3.65. The van der Waals surface area contributed by atoms with Crippen LogP contribution in [0.25, 0.3) is 11.8 Å². The zero-order valence-electron chi connectivity index (χ0n) is 14.3. The average molecular weight is 417 g/mol. The van der Waals surface area contributed by atoms with Crippen LogP contribution < -0.4 is 0 Å². The molecule has 2 N–H and O–H groups in total. The van der Waals surface area contributed by atoms with Crippen molar-refractivity contribution in [1.82, 2.24) is 9.97 Å². The molecule has 0 fully saturated rings. The highest BCUT2D eigenvalue weighted by Crippen LogP contribution is 2.42. The van der Waals surface area contributed by atoms with Crippen molar-refractivity contribution in [2.75, 3.05) is 0 Å². The van der Waals surface area contributed by atoms with Crippen molar-refractivity contribution in [3.63, 3.8) is 0 Å². The number of benzene rings is 1. The van der Waals surface area contributed by atoms with Crippen molar-refractivity contribution in [2.45, 2.75) is 0 Å². The Hall–Kier alpha value is -2.83. The van der Waals surface area contributed by atoms with E-state index in [1.165, 1.54) is 36.8 Å². The van der Waals surface area contributed by atoms with E-state index < -0.39 is 7.82 Å². The summed E-state index contributed by atoms with van der Waals surface area (Å²) in [6.07, 6.45) is 5.64. The van der Waals surface area contributed by atoms with Gasteiger partial charge in [0.05, 0.1) is 10.7 Å². The molecule has 9 heteroatoms. The van der Waals surface area contributed by atoms with Crippen molar-refractivity contribution in [3.05, 3.63) is 94.5 Å². The van der Waals surface area contributed by atoms with Gasteiger partial charge in [-0.25, -0.2) is 4.57 Å². The Labute approximate surface area is 165 Å². The summed E-state index contributed by atoms with van der Waals surface area (Å²) in [4.78, 5) is 39.5. The van der Waals surface area contributed by atoms with E-state index in [2.05, 4.69) is 9.97 Å². The van der Waals surface area contributed by atoms with Gasteiger partial charge in [0, 0.05) is 41.4 Å². The molecule has 0 atom stereocenters. The van der Waals surface area contributed by atoms with Gasteiger partial charge in [-0.2, -0.15) is 0 Å². The van der Waals surface area contributed by atoms with Crippen molar-refractivity contribution < 1.29 is 23.7 Å². The number of pyridine rings is 2. The molecule has 0 amide bonds. The average Bonchev–Trinajstić information content (AvgIpc) is 2.67. The maximum Gasteiger partial charge on any atom is 0.524 e. The smallest absolute Gasteiger partial charge is 0.404 e. The number of carbonyl (C=O) groups excluding carboxylic acids is 1. The highest BCUT2D eigenvalue weighted by molar-refractivity contribution is 7.46. The van der Waals surface area contributed by atoms with E-state index in [1.807, 2.05) is 0 Å². The molecule has 0 aliphatic heterocycles. The van der Waals surface area contributed by atoms with Gasteiger partial charge in [-0.3, -0.25) is 24.5 Å². The van der Waals surface area contributed by atoms with E-state index in [0.29, 0.717) is 5.56 Å². The monoisotopic (exact) mass is 416 g/mol. The van der Waals surface area contributed by atoms with Crippen LogP contribution in [0, 0.1) is 0 Å². The van der Waals surface area contributed by atoms with Gasteiger partial charge in [-0.05, 0) is 36.4 Å². The SMILES string of the molecule is O=C(c1ccccc1Cl)c1cccnc1/C=C(\OP(=O)(O)O)c1ccncc1. The number of halogens is 1. The zero-order chi connectivity index (χ0) is 20.1. The first-order valence-electron chi connectivity index (χ1n) is 7.96. The van der Waals surface area contributed by atoms with Gasteiger partial charge in [-0.1, -0.05) is 23.7 Å². The van der Waals surface area contributed by atoms with Crippen LogP contribution in [0.3, 0.4) is 0 Å². The second-order valence-electron chi connectivity index (χ2n) is 5.57. The molecule has 142 valence electrons. The standard InChI is InChI=1S/C19H14ClN2O5P/c20-16-6-2-1-4-14(16)19(23)15-5-3-9-22-17(15)12-18(27-28(24,25)26)13-7-10-21-11-8-13/h1-12H,(H2,24,25,26)/b18-12-. The summed E-state index contributed by atoms with van der Waals surface area (Å²) in [7, 11) is -4.85. The molecule has 2 heterocycles. The molecule has 0 unspecified atom stereocenters. The van der Waals surface area contributed by atoms with Crippen LogP contribution in [0.15, 0.2) is 67.1 Å². The summed E-state index contributed by atoms with van der Waals surface area (Å²) in [5, 5.41) is 0.284. The van der Waals surface area contributed by atoms with Crippen LogP contribution in [-0.2, 0) is 9.09 Å². The largest absolute Gasteiger partial charge is 0.524 e. The predicted octanol–water partition coefficient (Wildman–Crippen LogP) is 3.97. The third kappa shape index (κ3) is 4.91. The van der Waals surface area contributed by atoms with Crippen LogP contribution in [-0.4, -0.2) is 25.5 Å². The number of carbonyl (C=O) groups is 1. The summed E-state index contributed by atoms with van der Waals surface area (Å²) < 4.78 is 16.2. The van der Waals surface area contributed by atoms with Crippen LogP contribution in [0.4, 0.5) is 0 Å². The zero-order valence-corrected chi connectivity index (χ0v) is 15.9. The number of phosphoric acid groups is 1. The number of hydrogen-bond donors (Lipinski definition) is 2. The summed E-state index contributed by atoms with van der Waals surface area (Å²) in [5.74, 6) is -0.530. The minimum absolute atomic E-state index is 0.150. The van der Waals surface area contributed by atoms with Gasteiger partial charge >= 0.3 is 7.82 Å². The molecule has 0 aliphatic rings. The van der Waals surface area contributed by atoms with Gasteiger partial charge in [0.25, 0.3) is 0 Å². The predicted molar refractivity (Wildman–Crippen MR) is 104 cm³/mol. The molecular weight excluding hydrogens is 403 g/mol. The summed E-state index contributed by atoms with van der Waals surface area (Å²) in [5.41, 5.74) is 1.03. The van der Waals surface area contributed by atoms with Gasteiger partial charge in [0.2, 0.25) is 0 Å². The van der Waals surface area contributed by atoms with E-state index in [1.54, 1.807) is 36.4 Å². The molecule has 0 radical (unpaired) electrons. The summed E-state index contributed by atoms with van der Waals surface area (Å²) >= 11 is 6.12. The Kier molecular flexibility index (Phi) is 6.02. The lowest BCUT2D eigenvalue weighted by molar-refractivity contribution is 0.103. The number of aromatic nitrogens is 2. The molecule has 7 nitrogen and oxygen atoms in total. The summed E-state index contributed by atoms with van der Waals surface area (Å²) in [6, 6.07) is 12.7. The van der Waals surface area contributed by atoms with Crippen molar-refractivity contribution in [3.8, 4) is 0 Å². The number of phosphoric ester groups is 1. The first-order valence-corrected chi connectivity index (χ1v) is 9.87. The van der Waals surface area contributed by atoms with E-state index in [-0.39, 0.29) is 33.4 Å². The Bertz CT molecular complexity index is 1080. The molecule has 0 saturated carbocycles. The topological polar surface area (TPSA) is 110 Å². The Morgan fingerprint density at radius 3 is 2.36 bits per heavy atom. The first kappa shape index (κ1) is 19.9. The number of hydrogen-bond acceptors (Lipinski definition) is 5. The molecule has 3 rings (SSSR count). The van der Waals surface area contributed by atoms with E-state index in [9.17, 15) is 19.1 Å². The van der Waals surface area contributed by atoms with E-state index in [4.69, 9.17) is 16.1 Å². The minimum Gasteiger partial charge on any atom is -0.404 e. The molecule has 28 heavy (non-hydrogen) atoms. The fourth-order valence-corrected chi connectivity index (χ4v) is 3.08. The highest BCUT2D eigenvalue weighted by atomic mass is 35.5. The van der Waals surface area contributed by atoms with Crippen LogP contribution >= 0.6 is 19.4 Å². The lowest BCUT2D eigenvalue weighted by Gasteiger charge is -2.12. The molecule has 0 aliphatic carbocycles. The molecule has 2 aromatic heterocycles. The maximum atomic E-state index is 12.9. The first-order chi connectivity index (χ1) is 13.3. The molecule has 1 aromatic carbocycles. The Balaban J connectivity index is 2.11. The Morgan fingerprint density at radius 1 is 1.00 bits per heavy atom.